The van der Waals surface area contributed by atoms with Crippen LogP contribution in [0.1, 0.15) is 11.1 Å². The van der Waals surface area contributed by atoms with Crippen LogP contribution in [0.3, 0.4) is 0 Å². The molecule has 7 heteroatoms. The van der Waals surface area contributed by atoms with Crippen molar-refractivity contribution < 1.29 is 14.2 Å². The van der Waals surface area contributed by atoms with Crippen molar-refractivity contribution in [3.05, 3.63) is 58.1 Å². The predicted molar refractivity (Wildman–Crippen MR) is 97.5 cm³/mol. The topological polar surface area (TPSA) is 77.3 Å². The van der Waals surface area contributed by atoms with Crippen molar-refractivity contribution in [2.45, 2.75) is 13.8 Å². The summed E-state index contributed by atoms with van der Waals surface area (Å²) in [6.07, 6.45) is 0. The van der Waals surface area contributed by atoms with Gasteiger partial charge in [-0.25, -0.2) is 4.63 Å². The Hall–Kier alpha value is -2.67. The Balaban J connectivity index is 1.69. The number of hydrogen-bond acceptors (Lipinski definition) is 5. The second kappa shape index (κ2) is 7.48. The molecular weight excluding hydrogens is 386 g/mol. The lowest BCUT2D eigenvalue weighted by molar-refractivity contribution is -0.118. The summed E-state index contributed by atoms with van der Waals surface area (Å²) in [5, 5.41) is 10.4. The SMILES string of the molecule is Cc1ccc(C)c(-c2nonc2NC(=O)COc2ccc(Br)cc2)c1. The van der Waals surface area contributed by atoms with Crippen molar-refractivity contribution in [1.29, 1.82) is 0 Å². The van der Waals surface area contributed by atoms with Crippen LogP contribution in [0.25, 0.3) is 11.3 Å². The maximum atomic E-state index is 12.1. The molecule has 0 aliphatic carbocycles. The van der Waals surface area contributed by atoms with E-state index in [1.807, 2.05) is 44.2 Å². The zero-order valence-corrected chi connectivity index (χ0v) is 15.3. The number of carbonyl (C=O) groups excluding carboxylic acids is 1. The number of aromatic nitrogens is 2. The van der Waals surface area contributed by atoms with Crippen molar-refractivity contribution in [2.75, 3.05) is 11.9 Å². The van der Waals surface area contributed by atoms with Gasteiger partial charge < -0.3 is 10.1 Å². The lowest BCUT2D eigenvalue weighted by atomic mass is 10.0. The van der Waals surface area contributed by atoms with Crippen LogP contribution in [0, 0.1) is 13.8 Å². The summed E-state index contributed by atoms with van der Waals surface area (Å²) in [6.45, 7) is 3.81. The Morgan fingerprint density at radius 3 is 2.68 bits per heavy atom. The van der Waals surface area contributed by atoms with E-state index in [2.05, 4.69) is 31.6 Å². The van der Waals surface area contributed by atoms with Crippen LogP contribution in [0.5, 0.6) is 5.75 Å². The lowest BCUT2D eigenvalue weighted by Crippen LogP contribution is -2.20. The van der Waals surface area contributed by atoms with Crippen LogP contribution in [0.4, 0.5) is 5.82 Å². The number of rotatable bonds is 5. The van der Waals surface area contributed by atoms with Gasteiger partial charge in [-0.05, 0) is 60.1 Å². The van der Waals surface area contributed by atoms with Crippen LogP contribution in [-0.2, 0) is 4.79 Å². The molecule has 3 rings (SSSR count). The summed E-state index contributed by atoms with van der Waals surface area (Å²) in [6, 6.07) is 13.2. The van der Waals surface area contributed by atoms with Gasteiger partial charge in [0, 0.05) is 10.0 Å². The number of halogens is 1. The smallest absolute Gasteiger partial charge is 0.263 e. The lowest BCUT2D eigenvalue weighted by Gasteiger charge is -2.08. The Labute approximate surface area is 153 Å². The number of hydrogen-bond donors (Lipinski definition) is 1. The molecule has 0 radical (unpaired) electrons. The normalized spacial score (nSPS) is 10.5. The fourth-order valence-electron chi connectivity index (χ4n) is 2.29. The van der Waals surface area contributed by atoms with E-state index in [-0.39, 0.29) is 18.3 Å². The summed E-state index contributed by atoms with van der Waals surface area (Å²) >= 11 is 3.35. The zero-order valence-electron chi connectivity index (χ0n) is 13.7. The summed E-state index contributed by atoms with van der Waals surface area (Å²) in [7, 11) is 0. The molecule has 2 aromatic carbocycles. The Morgan fingerprint density at radius 2 is 1.92 bits per heavy atom. The number of aryl methyl sites for hydroxylation is 2. The molecule has 0 atom stereocenters. The molecule has 6 nitrogen and oxygen atoms in total. The number of nitrogens with one attached hydrogen (secondary N) is 1. The number of anilines is 1. The Kier molecular flexibility index (Phi) is 5.14. The fraction of sp³-hybridized carbons (Fsp3) is 0.167. The quantitative estimate of drug-likeness (QED) is 0.695. The van der Waals surface area contributed by atoms with E-state index in [9.17, 15) is 4.79 Å². The molecule has 0 aliphatic heterocycles. The molecule has 0 saturated carbocycles. The van der Waals surface area contributed by atoms with Gasteiger partial charge in [-0.2, -0.15) is 0 Å². The van der Waals surface area contributed by atoms with Gasteiger partial charge >= 0.3 is 0 Å². The van der Waals surface area contributed by atoms with Crippen LogP contribution < -0.4 is 10.1 Å². The number of amides is 1. The predicted octanol–water partition coefficient (Wildman–Crippen LogP) is 4.13. The van der Waals surface area contributed by atoms with E-state index in [1.54, 1.807) is 12.1 Å². The van der Waals surface area contributed by atoms with Crippen molar-refractivity contribution in [3.8, 4) is 17.0 Å². The monoisotopic (exact) mass is 401 g/mol. The second-order valence-corrected chi connectivity index (χ2v) is 6.49. The first-order chi connectivity index (χ1) is 12.0. The summed E-state index contributed by atoms with van der Waals surface area (Å²) in [5.41, 5.74) is 3.46. The average Bonchev–Trinajstić information content (AvgIpc) is 3.04. The van der Waals surface area contributed by atoms with Gasteiger partial charge in [-0.1, -0.05) is 33.6 Å². The number of ether oxygens (including phenoxy) is 1. The number of benzene rings is 2. The highest BCUT2D eigenvalue weighted by atomic mass is 79.9. The van der Waals surface area contributed by atoms with Gasteiger partial charge in [0.15, 0.2) is 12.3 Å². The van der Waals surface area contributed by atoms with Crippen LogP contribution in [-0.4, -0.2) is 22.8 Å². The van der Waals surface area contributed by atoms with E-state index in [0.717, 1.165) is 21.2 Å². The van der Waals surface area contributed by atoms with Gasteiger partial charge in [-0.15, -0.1) is 0 Å². The van der Waals surface area contributed by atoms with Gasteiger partial charge in [0.1, 0.15) is 5.75 Å². The van der Waals surface area contributed by atoms with E-state index in [0.29, 0.717) is 11.4 Å². The molecule has 0 bridgehead atoms. The molecule has 1 heterocycles. The molecule has 0 fully saturated rings. The minimum Gasteiger partial charge on any atom is -0.484 e. The minimum atomic E-state index is -0.342. The van der Waals surface area contributed by atoms with E-state index in [1.165, 1.54) is 0 Å². The molecule has 0 saturated heterocycles. The molecule has 25 heavy (non-hydrogen) atoms. The van der Waals surface area contributed by atoms with E-state index >= 15 is 0 Å². The molecule has 0 aliphatic rings. The van der Waals surface area contributed by atoms with Crippen LogP contribution in [0.2, 0.25) is 0 Å². The second-order valence-electron chi connectivity index (χ2n) is 5.57. The standard InChI is InChI=1S/C18H16BrN3O3/c1-11-3-4-12(2)15(9-11)17-18(22-25-21-17)20-16(23)10-24-14-7-5-13(19)6-8-14/h3-9H,10H2,1-2H3,(H,20,22,23). The fourth-order valence-corrected chi connectivity index (χ4v) is 2.55. The molecular formula is C18H16BrN3O3. The molecule has 1 aromatic heterocycles. The maximum absolute atomic E-state index is 12.1. The Bertz CT molecular complexity index is 891. The van der Waals surface area contributed by atoms with Crippen molar-refractivity contribution in [2.24, 2.45) is 0 Å². The minimum absolute atomic E-state index is 0.138. The summed E-state index contributed by atoms with van der Waals surface area (Å²) in [4.78, 5) is 12.1. The molecule has 3 aromatic rings. The van der Waals surface area contributed by atoms with Crippen LogP contribution >= 0.6 is 15.9 Å². The highest BCUT2D eigenvalue weighted by Crippen LogP contribution is 2.28. The van der Waals surface area contributed by atoms with Crippen LogP contribution in [0.15, 0.2) is 51.6 Å². The van der Waals surface area contributed by atoms with Crippen molar-refractivity contribution >= 4 is 27.7 Å². The largest absolute Gasteiger partial charge is 0.484 e. The zero-order chi connectivity index (χ0) is 17.8. The Morgan fingerprint density at radius 1 is 1.16 bits per heavy atom. The third-order valence-electron chi connectivity index (χ3n) is 3.58. The molecule has 128 valence electrons. The van der Waals surface area contributed by atoms with Gasteiger partial charge in [0.2, 0.25) is 5.82 Å². The highest BCUT2D eigenvalue weighted by Gasteiger charge is 2.17. The first-order valence-corrected chi connectivity index (χ1v) is 8.40. The third kappa shape index (κ3) is 4.24. The number of carbonyl (C=O) groups is 1. The van der Waals surface area contributed by atoms with Gasteiger partial charge in [-0.3, -0.25) is 4.79 Å². The molecule has 1 amide bonds. The maximum Gasteiger partial charge on any atom is 0.263 e. The first kappa shape index (κ1) is 17.2. The van der Waals surface area contributed by atoms with Crippen molar-refractivity contribution in [3.63, 3.8) is 0 Å². The van der Waals surface area contributed by atoms with Crippen molar-refractivity contribution in [1.82, 2.24) is 10.3 Å². The molecule has 0 unspecified atom stereocenters. The average molecular weight is 402 g/mol. The first-order valence-electron chi connectivity index (χ1n) is 7.61. The third-order valence-corrected chi connectivity index (χ3v) is 4.11. The number of nitrogens with zero attached hydrogens (tertiary/aromatic N) is 2. The van der Waals surface area contributed by atoms with Gasteiger partial charge in [0.05, 0.1) is 0 Å². The molecule has 1 N–H and O–H groups in total. The van der Waals surface area contributed by atoms with Gasteiger partial charge in [0.25, 0.3) is 5.91 Å². The molecule has 0 spiro atoms. The summed E-state index contributed by atoms with van der Waals surface area (Å²) < 4.78 is 11.2. The van der Waals surface area contributed by atoms with E-state index < -0.39 is 0 Å². The summed E-state index contributed by atoms with van der Waals surface area (Å²) in [5.74, 6) is 0.537. The van der Waals surface area contributed by atoms with E-state index in [4.69, 9.17) is 9.37 Å². The highest BCUT2D eigenvalue weighted by molar-refractivity contribution is 9.10.